The van der Waals surface area contributed by atoms with Gasteiger partial charge in [0.15, 0.2) is 11.5 Å². The third-order valence-corrected chi connectivity index (χ3v) is 8.57. The fraction of sp³-hybridized carbons (Fsp3) is 0.441. The Kier molecular flexibility index (Phi) is 10.5. The maximum atomic E-state index is 16.6. The molecule has 0 spiro atoms. The number of anilines is 1. The lowest BCUT2D eigenvalue weighted by atomic mass is 9.88. The first-order valence-electron chi connectivity index (χ1n) is 16.0. The normalized spacial score (nSPS) is 14.1. The van der Waals surface area contributed by atoms with E-state index in [-0.39, 0.29) is 63.5 Å². The lowest BCUT2D eigenvalue weighted by Crippen LogP contribution is -2.52. The van der Waals surface area contributed by atoms with Crippen molar-refractivity contribution in [3.05, 3.63) is 63.4 Å². The Hall–Kier alpha value is -4.23. The van der Waals surface area contributed by atoms with Crippen molar-refractivity contribution in [1.82, 2.24) is 30.4 Å². The number of nitrogen functional groups attached to an aromatic ring is 1. The standard InChI is InChI=1S/C34H39Cl2F2N7O4/c1-33(2,3)49-32(47)40-17-34(4,5)42-24(46)16-20-11-13-21(35)25(38)27(20)45-28(19-12-14-23(37)22(36)15-19)26(30-43-44-31(39)48-30)41-29(45)18-9-7-6-8-10-18/h11-15,18H,6-10,16-17H2,1-5H3,(H2,39,44)(H,40,47)(H,42,46). The summed E-state index contributed by atoms with van der Waals surface area (Å²) in [6.07, 6.45) is 3.54. The van der Waals surface area contributed by atoms with Crippen molar-refractivity contribution in [3.63, 3.8) is 0 Å². The molecule has 1 fully saturated rings. The number of alkyl carbamates (subject to hydrolysis) is 1. The monoisotopic (exact) mass is 717 g/mol. The van der Waals surface area contributed by atoms with Crippen molar-refractivity contribution in [2.24, 2.45) is 0 Å². The molecule has 2 aromatic carbocycles. The molecule has 0 unspecified atom stereocenters. The molecule has 4 N–H and O–H groups in total. The first kappa shape index (κ1) is 36.1. The van der Waals surface area contributed by atoms with E-state index in [1.165, 1.54) is 24.3 Å². The summed E-state index contributed by atoms with van der Waals surface area (Å²) in [5.41, 5.74) is 5.29. The van der Waals surface area contributed by atoms with Crippen LogP contribution in [0.15, 0.2) is 34.7 Å². The zero-order valence-electron chi connectivity index (χ0n) is 27.9. The average molecular weight is 719 g/mol. The number of carbonyl (C=O) groups excluding carboxylic acids is 2. The molecule has 4 aromatic rings. The fourth-order valence-corrected chi connectivity index (χ4v) is 6.23. The van der Waals surface area contributed by atoms with Crippen LogP contribution in [-0.2, 0) is 16.0 Å². The molecule has 262 valence electrons. The van der Waals surface area contributed by atoms with Crippen molar-refractivity contribution in [3.8, 4) is 28.5 Å². The van der Waals surface area contributed by atoms with Crippen molar-refractivity contribution in [1.29, 1.82) is 0 Å². The summed E-state index contributed by atoms with van der Waals surface area (Å²) in [7, 11) is 0. The molecule has 0 aliphatic heterocycles. The summed E-state index contributed by atoms with van der Waals surface area (Å²) in [5, 5.41) is 13.1. The number of hydrogen-bond donors (Lipinski definition) is 3. The van der Waals surface area contributed by atoms with Crippen LogP contribution in [0.3, 0.4) is 0 Å². The number of imidazole rings is 1. The van der Waals surface area contributed by atoms with Gasteiger partial charge >= 0.3 is 12.1 Å². The van der Waals surface area contributed by atoms with Crippen LogP contribution in [0.1, 0.15) is 84.0 Å². The molecule has 2 heterocycles. The van der Waals surface area contributed by atoms with Crippen LogP contribution in [0.25, 0.3) is 28.5 Å². The Morgan fingerprint density at radius 3 is 2.39 bits per heavy atom. The molecule has 1 saturated carbocycles. The molecule has 1 aliphatic rings. The molecule has 0 saturated heterocycles. The van der Waals surface area contributed by atoms with Crippen LogP contribution in [-0.4, -0.2) is 49.4 Å². The number of rotatable bonds is 9. The lowest BCUT2D eigenvalue weighted by molar-refractivity contribution is -0.122. The highest BCUT2D eigenvalue weighted by Crippen LogP contribution is 2.43. The third-order valence-electron chi connectivity index (χ3n) is 7.99. The van der Waals surface area contributed by atoms with Gasteiger partial charge in [-0.25, -0.2) is 18.6 Å². The van der Waals surface area contributed by atoms with Gasteiger partial charge in [0.25, 0.3) is 5.89 Å². The van der Waals surface area contributed by atoms with Crippen LogP contribution in [0.2, 0.25) is 10.0 Å². The summed E-state index contributed by atoms with van der Waals surface area (Å²) in [6, 6.07) is 6.82. The van der Waals surface area contributed by atoms with Crippen molar-refractivity contribution >= 4 is 41.2 Å². The smallest absolute Gasteiger partial charge is 0.407 e. The second kappa shape index (κ2) is 14.3. The van der Waals surface area contributed by atoms with Gasteiger partial charge in [-0.15, -0.1) is 5.10 Å². The quantitative estimate of drug-likeness (QED) is 0.159. The zero-order valence-corrected chi connectivity index (χ0v) is 29.4. The van der Waals surface area contributed by atoms with Gasteiger partial charge in [-0.05, 0) is 77.3 Å². The van der Waals surface area contributed by atoms with Crippen molar-refractivity contribution in [2.45, 2.75) is 90.2 Å². The SMILES string of the molecule is CC(C)(CNC(=O)OC(C)(C)C)NC(=O)Cc1ccc(Cl)c(F)c1-n1c(C2CCCCC2)nc(-c2nnc(N)o2)c1-c1ccc(F)c(Cl)c1. The highest BCUT2D eigenvalue weighted by molar-refractivity contribution is 6.31. The number of amides is 2. The Morgan fingerprint density at radius 2 is 1.76 bits per heavy atom. The number of nitrogens with one attached hydrogen (secondary N) is 2. The summed E-state index contributed by atoms with van der Waals surface area (Å²) >= 11 is 12.7. The summed E-state index contributed by atoms with van der Waals surface area (Å²) < 4.78 is 43.5. The number of nitrogens with two attached hydrogens (primary N) is 1. The maximum Gasteiger partial charge on any atom is 0.407 e. The highest BCUT2D eigenvalue weighted by Gasteiger charge is 2.33. The van der Waals surface area contributed by atoms with E-state index in [2.05, 4.69) is 20.8 Å². The van der Waals surface area contributed by atoms with E-state index in [0.717, 1.165) is 32.1 Å². The maximum absolute atomic E-state index is 16.6. The average Bonchev–Trinajstić information content (AvgIpc) is 3.63. The number of aromatic nitrogens is 4. The van der Waals surface area contributed by atoms with Crippen LogP contribution in [0.4, 0.5) is 19.6 Å². The lowest BCUT2D eigenvalue weighted by Gasteiger charge is -2.28. The molecule has 5 rings (SSSR count). The largest absolute Gasteiger partial charge is 0.444 e. The second-order valence-electron chi connectivity index (χ2n) is 13.7. The zero-order chi connectivity index (χ0) is 35.7. The Morgan fingerprint density at radius 1 is 1.04 bits per heavy atom. The molecule has 15 heteroatoms. The van der Waals surface area contributed by atoms with E-state index >= 15 is 4.39 Å². The first-order valence-corrected chi connectivity index (χ1v) is 16.7. The second-order valence-corrected chi connectivity index (χ2v) is 14.6. The Bertz CT molecular complexity index is 1860. The van der Waals surface area contributed by atoms with Crippen LogP contribution >= 0.6 is 23.2 Å². The number of benzene rings is 2. The molecular formula is C34H39Cl2F2N7O4. The predicted molar refractivity (Wildman–Crippen MR) is 183 cm³/mol. The van der Waals surface area contributed by atoms with Gasteiger partial charge in [-0.3, -0.25) is 9.36 Å². The third kappa shape index (κ3) is 8.50. The van der Waals surface area contributed by atoms with E-state index < -0.39 is 34.8 Å². The van der Waals surface area contributed by atoms with E-state index in [1.807, 2.05) is 0 Å². The minimum atomic E-state index is -0.900. The first-order chi connectivity index (χ1) is 23.0. The number of hydrogen-bond acceptors (Lipinski definition) is 8. The molecule has 2 aromatic heterocycles. The molecule has 49 heavy (non-hydrogen) atoms. The number of ether oxygens (including phenoxy) is 1. The topological polar surface area (TPSA) is 150 Å². The summed E-state index contributed by atoms with van der Waals surface area (Å²) in [5.74, 6) is -1.57. The van der Waals surface area contributed by atoms with Gasteiger partial charge < -0.3 is 25.5 Å². The fourth-order valence-electron chi connectivity index (χ4n) is 5.90. The van der Waals surface area contributed by atoms with Crippen LogP contribution in [0.5, 0.6) is 0 Å². The number of nitrogens with zero attached hydrogens (tertiary/aromatic N) is 4. The number of carbonyl (C=O) groups is 2. The minimum Gasteiger partial charge on any atom is -0.444 e. The molecule has 1 aliphatic carbocycles. The molecule has 0 radical (unpaired) electrons. The molecule has 2 amide bonds. The summed E-state index contributed by atoms with van der Waals surface area (Å²) in [6.45, 7) is 8.79. The molecule has 0 bridgehead atoms. The predicted octanol–water partition coefficient (Wildman–Crippen LogP) is 7.77. The van der Waals surface area contributed by atoms with E-state index in [0.29, 0.717) is 11.4 Å². The van der Waals surface area contributed by atoms with Crippen LogP contribution in [0, 0.1) is 11.6 Å². The van der Waals surface area contributed by atoms with Gasteiger partial charge in [0.2, 0.25) is 5.91 Å². The van der Waals surface area contributed by atoms with Gasteiger partial charge in [0, 0.05) is 18.0 Å². The highest BCUT2D eigenvalue weighted by atomic mass is 35.5. The number of halogens is 4. The van der Waals surface area contributed by atoms with Gasteiger partial charge in [-0.2, -0.15) is 0 Å². The minimum absolute atomic E-state index is 0.0189. The van der Waals surface area contributed by atoms with Gasteiger partial charge in [0.05, 0.1) is 33.4 Å². The Labute approximate surface area is 292 Å². The van der Waals surface area contributed by atoms with Crippen LogP contribution < -0.4 is 16.4 Å². The van der Waals surface area contributed by atoms with E-state index in [9.17, 15) is 14.0 Å². The van der Waals surface area contributed by atoms with Crippen molar-refractivity contribution < 1.29 is 27.5 Å². The van der Waals surface area contributed by atoms with Gasteiger partial charge in [0.1, 0.15) is 17.2 Å². The van der Waals surface area contributed by atoms with E-state index in [1.54, 1.807) is 45.3 Å². The molecular weight excluding hydrogens is 679 g/mol. The van der Waals surface area contributed by atoms with Crippen molar-refractivity contribution in [2.75, 3.05) is 12.3 Å². The van der Waals surface area contributed by atoms with E-state index in [4.69, 9.17) is 43.1 Å². The summed E-state index contributed by atoms with van der Waals surface area (Å²) in [4.78, 5) is 30.8. The molecule has 0 atom stereocenters. The Balaban J connectivity index is 1.63. The molecule has 11 nitrogen and oxygen atoms in total. The van der Waals surface area contributed by atoms with Gasteiger partial charge in [-0.1, -0.05) is 53.6 Å².